The van der Waals surface area contributed by atoms with Crippen molar-refractivity contribution in [3.63, 3.8) is 0 Å². The molecule has 0 amide bonds. The first-order valence-corrected chi connectivity index (χ1v) is 4.24. The van der Waals surface area contributed by atoms with Crippen LogP contribution in [0.25, 0.3) is 0 Å². The minimum Gasteiger partial charge on any atom is -0.480 e. The minimum absolute atomic E-state index is 0.711. The third-order valence-electron chi connectivity index (χ3n) is 1.65. The Hall–Kier alpha value is -2.10. The van der Waals surface area contributed by atoms with E-state index in [0.29, 0.717) is 5.69 Å². The summed E-state index contributed by atoms with van der Waals surface area (Å²) in [6, 6.07) is 7.87. The highest BCUT2D eigenvalue weighted by Gasteiger charge is 2.12. The third kappa shape index (κ3) is 3.64. The quantitative estimate of drug-likeness (QED) is 0.481. The summed E-state index contributed by atoms with van der Waals surface area (Å²) >= 11 is 0. The van der Waals surface area contributed by atoms with E-state index in [1.807, 2.05) is 6.07 Å². The Kier molecular flexibility index (Phi) is 4.09. The fraction of sp³-hybridized carbons (Fsp3) is 0.100. The van der Waals surface area contributed by atoms with Crippen LogP contribution in [0.4, 0.5) is 5.69 Å². The van der Waals surface area contributed by atoms with Gasteiger partial charge in [0.2, 0.25) is 0 Å². The molecule has 3 N–H and O–H groups in total. The van der Waals surface area contributed by atoms with Crippen LogP contribution < -0.4 is 10.9 Å². The lowest BCUT2D eigenvalue weighted by atomic mass is 10.3. The standard InChI is InChI=1S/C10H10N2O3/c13-7-6-9(10(14)15)12-11-8-4-2-1-3-5-8/h1-6,9,11-12H,(H,14,15). The van der Waals surface area contributed by atoms with Gasteiger partial charge in [-0.3, -0.25) is 4.79 Å². The number of para-hydroxylation sites is 1. The van der Waals surface area contributed by atoms with Crippen LogP contribution in [0.5, 0.6) is 0 Å². The third-order valence-corrected chi connectivity index (χ3v) is 1.65. The van der Waals surface area contributed by atoms with E-state index in [4.69, 9.17) is 5.11 Å². The number of hydrazine groups is 1. The normalized spacial score (nSPS) is 11.2. The first-order valence-electron chi connectivity index (χ1n) is 4.24. The van der Waals surface area contributed by atoms with E-state index in [9.17, 15) is 9.59 Å². The molecule has 5 nitrogen and oxygen atoms in total. The van der Waals surface area contributed by atoms with Crippen molar-refractivity contribution in [2.75, 3.05) is 5.43 Å². The first kappa shape index (κ1) is 11.0. The Morgan fingerprint density at radius 1 is 1.40 bits per heavy atom. The van der Waals surface area contributed by atoms with Gasteiger partial charge in [-0.05, 0) is 12.1 Å². The zero-order valence-corrected chi connectivity index (χ0v) is 7.81. The molecule has 0 aliphatic carbocycles. The van der Waals surface area contributed by atoms with Crippen LogP contribution in [0.3, 0.4) is 0 Å². The van der Waals surface area contributed by atoms with Crippen LogP contribution in [0.15, 0.2) is 36.4 Å². The van der Waals surface area contributed by atoms with Gasteiger partial charge in [0, 0.05) is 11.8 Å². The Morgan fingerprint density at radius 3 is 2.60 bits per heavy atom. The van der Waals surface area contributed by atoms with Crippen molar-refractivity contribution in [2.45, 2.75) is 6.04 Å². The van der Waals surface area contributed by atoms with Gasteiger partial charge in [-0.25, -0.2) is 10.2 Å². The van der Waals surface area contributed by atoms with Crippen molar-refractivity contribution in [1.29, 1.82) is 0 Å². The number of anilines is 1. The lowest BCUT2D eigenvalue weighted by Gasteiger charge is -2.11. The largest absolute Gasteiger partial charge is 0.480 e. The van der Waals surface area contributed by atoms with Crippen molar-refractivity contribution in [1.82, 2.24) is 5.43 Å². The number of nitrogens with one attached hydrogen (secondary N) is 2. The molecule has 0 spiro atoms. The summed E-state index contributed by atoms with van der Waals surface area (Å²) in [6.07, 6.45) is 0.887. The topological polar surface area (TPSA) is 78.4 Å². The summed E-state index contributed by atoms with van der Waals surface area (Å²) < 4.78 is 0. The number of hydrogen-bond donors (Lipinski definition) is 3. The zero-order valence-electron chi connectivity index (χ0n) is 7.81. The van der Waals surface area contributed by atoms with E-state index >= 15 is 0 Å². The Balaban J connectivity index is 2.54. The number of carboxylic acids is 1. The van der Waals surface area contributed by atoms with E-state index in [-0.39, 0.29) is 0 Å². The highest BCUT2D eigenvalue weighted by atomic mass is 16.4. The maximum Gasteiger partial charge on any atom is 0.327 e. The molecule has 1 aromatic carbocycles. The number of carbonyl (C=O) groups is 1. The molecule has 0 aromatic heterocycles. The first-order chi connectivity index (χ1) is 7.24. The SMILES string of the molecule is O=C=CC(NNc1ccccc1)C(=O)O. The lowest BCUT2D eigenvalue weighted by Crippen LogP contribution is -2.38. The highest BCUT2D eigenvalue weighted by molar-refractivity contribution is 5.78. The average molecular weight is 206 g/mol. The molecular formula is C10H10N2O3. The van der Waals surface area contributed by atoms with Crippen LogP contribution in [0, 0.1) is 0 Å². The molecule has 0 saturated heterocycles. The van der Waals surface area contributed by atoms with Gasteiger partial charge in [-0.15, -0.1) is 0 Å². The van der Waals surface area contributed by atoms with Gasteiger partial charge in [0.25, 0.3) is 0 Å². The van der Waals surface area contributed by atoms with Gasteiger partial charge in [-0.1, -0.05) is 18.2 Å². The number of benzene rings is 1. The van der Waals surface area contributed by atoms with Crippen LogP contribution in [-0.4, -0.2) is 23.1 Å². The molecule has 78 valence electrons. The zero-order chi connectivity index (χ0) is 11.1. The van der Waals surface area contributed by atoms with E-state index in [1.165, 1.54) is 5.94 Å². The summed E-state index contributed by atoms with van der Waals surface area (Å²) in [4.78, 5) is 20.6. The predicted octanol–water partition coefficient (Wildman–Crippen LogP) is 0.444. The Morgan fingerprint density at radius 2 is 2.07 bits per heavy atom. The van der Waals surface area contributed by atoms with Crippen LogP contribution in [0.1, 0.15) is 0 Å². The lowest BCUT2D eigenvalue weighted by molar-refractivity contribution is -0.138. The maximum atomic E-state index is 10.6. The smallest absolute Gasteiger partial charge is 0.327 e. The van der Waals surface area contributed by atoms with Gasteiger partial charge in [0.05, 0.1) is 0 Å². The summed E-state index contributed by atoms with van der Waals surface area (Å²) in [5.74, 6) is 0.276. The van der Waals surface area contributed by atoms with Gasteiger partial charge in [0.15, 0.2) is 6.04 Å². The van der Waals surface area contributed by atoms with E-state index in [2.05, 4.69) is 10.9 Å². The monoisotopic (exact) mass is 206 g/mol. The van der Waals surface area contributed by atoms with Gasteiger partial charge < -0.3 is 10.5 Å². The molecule has 0 aliphatic rings. The molecule has 1 aromatic rings. The Bertz CT molecular complexity index is 370. The molecule has 0 radical (unpaired) electrons. The molecule has 0 aliphatic heterocycles. The fourth-order valence-corrected chi connectivity index (χ4v) is 0.925. The molecule has 1 unspecified atom stereocenters. The molecule has 1 rings (SSSR count). The number of rotatable bonds is 5. The second-order valence-corrected chi connectivity index (χ2v) is 2.74. The van der Waals surface area contributed by atoms with Gasteiger partial charge >= 0.3 is 5.97 Å². The van der Waals surface area contributed by atoms with Crippen molar-refractivity contribution in [3.8, 4) is 0 Å². The highest BCUT2D eigenvalue weighted by Crippen LogP contribution is 2.02. The van der Waals surface area contributed by atoms with E-state index < -0.39 is 12.0 Å². The van der Waals surface area contributed by atoms with Crippen molar-refractivity contribution in [2.24, 2.45) is 0 Å². The fourth-order valence-electron chi connectivity index (χ4n) is 0.925. The molecular weight excluding hydrogens is 196 g/mol. The molecule has 0 heterocycles. The van der Waals surface area contributed by atoms with E-state index in [1.54, 1.807) is 24.3 Å². The number of hydrogen-bond acceptors (Lipinski definition) is 4. The molecule has 15 heavy (non-hydrogen) atoms. The van der Waals surface area contributed by atoms with Gasteiger partial charge in [-0.2, -0.15) is 0 Å². The summed E-state index contributed by atoms with van der Waals surface area (Å²) in [6.45, 7) is 0. The van der Waals surface area contributed by atoms with Crippen molar-refractivity contribution < 1.29 is 14.7 Å². The second-order valence-electron chi connectivity index (χ2n) is 2.74. The molecule has 0 saturated carbocycles. The summed E-state index contributed by atoms with van der Waals surface area (Å²) in [7, 11) is 0. The number of aliphatic carboxylic acids is 1. The van der Waals surface area contributed by atoms with Crippen LogP contribution in [0.2, 0.25) is 0 Å². The van der Waals surface area contributed by atoms with Gasteiger partial charge in [0.1, 0.15) is 5.94 Å². The average Bonchev–Trinajstić information content (AvgIpc) is 2.25. The number of carboxylic acid groups (broad SMARTS) is 1. The maximum absolute atomic E-state index is 10.6. The van der Waals surface area contributed by atoms with E-state index in [0.717, 1.165) is 6.08 Å². The molecule has 5 heteroatoms. The molecule has 0 fully saturated rings. The minimum atomic E-state index is -1.15. The predicted molar refractivity (Wildman–Crippen MR) is 54.9 cm³/mol. The van der Waals surface area contributed by atoms with Crippen molar-refractivity contribution in [3.05, 3.63) is 36.4 Å². The Labute approximate surface area is 86.4 Å². The number of carbonyl (C=O) groups excluding carboxylic acids is 1. The van der Waals surface area contributed by atoms with Crippen LogP contribution >= 0.6 is 0 Å². The second kappa shape index (κ2) is 5.59. The molecule has 0 bridgehead atoms. The summed E-state index contributed by atoms with van der Waals surface area (Å²) in [5, 5.41) is 8.67. The summed E-state index contributed by atoms with van der Waals surface area (Å²) in [5.41, 5.74) is 5.85. The van der Waals surface area contributed by atoms with Crippen LogP contribution in [-0.2, 0) is 9.59 Å². The van der Waals surface area contributed by atoms with Crippen molar-refractivity contribution >= 4 is 17.6 Å². The molecule has 1 atom stereocenters.